The van der Waals surface area contributed by atoms with Gasteiger partial charge in [-0.25, -0.2) is 4.39 Å². The molecule has 5 heteroatoms. The predicted molar refractivity (Wildman–Crippen MR) is 110 cm³/mol. The summed E-state index contributed by atoms with van der Waals surface area (Å²) in [6.07, 6.45) is 2.72. The Morgan fingerprint density at radius 3 is 2.31 bits per heavy atom. The van der Waals surface area contributed by atoms with E-state index in [1.807, 2.05) is 53.2 Å². The fourth-order valence-corrected chi connectivity index (χ4v) is 3.29. The summed E-state index contributed by atoms with van der Waals surface area (Å²) in [7, 11) is 1.61. The number of carbonyl (C=O) groups excluding carboxylic acids is 1. The van der Waals surface area contributed by atoms with Crippen LogP contribution in [-0.2, 0) is 13.2 Å². The summed E-state index contributed by atoms with van der Waals surface area (Å²) in [4.78, 5) is 11.4. The maximum absolute atomic E-state index is 13.0. The van der Waals surface area contributed by atoms with Crippen molar-refractivity contribution in [1.29, 1.82) is 0 Å². The average molecular weight is 389 g/mol. The molecule has 0 saturated heterocycles. The van der Waals surface area contributed by atoms with Gasteiger partial charge < -0.3 is 14.0 Å². The summed E-state index contributed by atoms with van der Waals surface area (Å²) in [5.74, 6) is 1.21. The standard InChI is InChI=1S/C24H20FNO3/c1-28-22-10-11-24-23(12-22)19(15-27)14-26(24)13-17-4-8-21(9-5-17)29-16-18-2-6-20(25)7-3-18/h2-12,14-15H,13,16H2,1H3. The lowest BCUT2D eigenvalue weighted by molar-refractivity contribution is 0.112. The molecule has 0 bridgehead atoms. The topological polar surface area (TPSA) is 40.5 Å². The van der Waals surface area contributed by atoms with Gasteiger partial charge in [-0.3, -0.25) is 4.79 Å². The quantitative estimate of drug-likeness (QED) is 0.407. The molecule has 0 atom stereocenters. The Balaban J connectivity index is 1.48. The fourth-order valence-electron chi connectivity index (χ4n) is 3.29. The molecule has 0 amide bonds. The number of methoxy groups -OCH3 is 1. The summed E-state index contributed by atoms with van der Waals surface area (Å²) in [5, 5.41) is 0.874. The van der Waals surface area contributed by atoms with Gasteiger partial charge >= 0.3 is 0 Å². The molecular weight excluding hydrogens is 369 g/mol. The monoisotopic (exact) mass is 389 g/mol. The van der Waals surface area contributed by atoms with Gasteiger partial charge in [0.15, 0.2) is 6.29 Å². The number of ether oxygens (including phenoxy) is 2. The molecule has 146 valence electrons. The summed E-state index contributed by atoms with van der Waals surface area (Å²) in [6.45, 7) is 1.02. The third-order valence-corrected chi connectivity index (χ3v) is 4.84. The van der Waals surface area contributed by atoms with Crippen molar-refractivity contribution in [1.82, 2.24) is 4.57 Å². The van der Waals surface area contributed by atoms with Gasteiger partial charge in [-0.2, -0.15) is 0 Å². The first-order valence-corrected chi connectivity index (χ1v) is 9.24. The molecule has 0 aliphatic carbocycles. The van der Waals surface area contributed by atoms with Crippen LogP contribution < -0.4 is 9.47 Å². The van der Waals surface area contributed by atoms with Crippen molar-refractivity contribution in [3.05, 3.63) is 95.4 Å². The molecule has 0 saturated carbocycles. The van der Waals surface area contributed by atoms with Crippen LogP contribution in [0.15, 0.2) is 72.9 Å². The van der Waals surface area contributed by atoms with Crippen LogP contribution in [0.25, 0.3) is 10.9 Å². The van der Waals surface area contributed by atoms with E-state index in [0.29, 0.717) is 18.7 Å². The van der Waals surface area contributed by atoms with E-state index in [2.05, 4.69) is 0 Å². The number of hydrogen-bond donors (Lipinski definition) is 0. The van der Waals surface area contributed by atoms with Crippen molar-refractivity contribution in [2.75, 3.05) is 7.11 Å². The SMILES string of the molecule is COc1ccc2c(c1)c(C=O)cn2Cc1ccc(OCc2ccc(F)cc2)cc1. The molecule has 1 aromatic heterocycles. The second kappa shape index (κ2) is 8.19. The lowest BCUT2D eigenvalue weighted by Crippen LogP contribution is -1.99. The van der Waals surface area contributed by atoms with E-state index in [9.17, 15) is 9.18 Å². The van der Waals surface area contributed by atoms with Crippen molar-refractivity contribution in [3.63, 3.8) is 0 Å². The minimum Gasteiger partial charge on any atom is -0.497 e. The molecule has 4 nitrogen and oxygen atoms in total. The number of halogens is 1. The second-order valence-corrected chi connectivity index (χ2v) is 6.77. The number of aromatic nitrogens is 1. The Labute approximate surface area is 168 Å². The summed E-state index contributed by atoms with van der Waals surface area (Å²) < 4.78 is 26.0. The van der Waals surface area contributed by atoms with E-state index >= 15 is 0 Å². The highest BCUT2D eigenvalue weighted by Crippen LogP contribution is 2.26. The first-order chi connectivity index (χ1) is 14.2. The Morgan fingerprint density at radius 2 is 1.62 bits per heavy atom. The molecule has 0 radical (unpaired) electrons. The van der Waals surface area contributed by atoms with E-state index in [1.165, 1.54) is 12.1 Å². The highest BCUT2D eigenvalue weighted by Gasteiger charge is 2.10. The maximum Gasteiger partial charge on any atom is 0.152 e. The number of hydrogen-bond acceptors (Lipinski definition) is 3. The third-order valence-electron chi connectivity index (χ3n) is 4.84. The van der Waals surface area contributed by atoms with Gasteiger partial charge in [-0.05, 0) is 53.6 Å². The molecule has 0 aliphatic heterocycles. The molecule has 0 unspecified atom stereocenters. The van der Waals surface area contributed by atoms with Crippen LogP contribution in [0.4, 0.5) is 4.39 Å². The van der Waals surface area contributed by atoms with Gasteiger partial charge in [0.1, 0.15) is 23.9 Å². The van der Waals surface area contributed by atoms with E-state index in [1.54, 1.807) is 19.2 Å². The normalized spacial score (nSPS) is 10.8. The number of aldehydes is 1. The van der Waals surface area contributed by atoms with Gasteiger partial charge in [-0.1, -0.05) is 24.3 Å². The molecule has 3 aromatic carbocycles. The third kappa shape index (κ3) is 4.14. The van der Waals surface area contributed by atoms with Gasteiger partial charge in [0.2, 0.25) is 0 Å². The largest absolute Gasteiger partial charge is 0.497 e. The first kappa shape index (κ1) is 18.7. The molecule has 0 aliphatic rings. The van der Waals surface area contributed by atoms with Gasteiger partial charge in [0.25, 0.3) is 0 Å². The van der Waals surface area contributed by atoms with Crippen LogP contribution in [0.1, 0.15) is 21.5 Å². The lowest BCUT2D eigenvalue weighted by Gasteiger charge is -2.09. The van der Waals surface area contributed by atoms with Gasteiger partial charge in [0.05, 0.1) is 7.11 Å². The van der Waals surface area contributed by atoms with E-state index < -0.39 is 0 Å². The number of rotatable bonds is 7. The maximum atomic E-state index is 13.0. The van der Waals surface area contributed by atoms with Crippen LogP contribution in [0, 0.1) is 5.82 Å². The highest BCUT2D eigenvalue weighted by atomic mass is 19.1. The predicted octanol–water partition coefficient (Wildman–Crippen LogP) is 5.23. The number of nitrogens with zero attached hydrogens (tertiary/aromatic N) is 1. The zero-order valence-corrected chi connectivity index (χ0v) is 16.0. The molecule has 4 aromatic rings. The molecule has 0 fully saturated rings. The lowest BCUT2D eigenvalue weighted by atomic mass is 10.2. The summed E-state index contributed by atoms with van der Waals surface area (Å²) in [6, 6.07) is 19.8. The highest BCUT2D eigenvalue weighted by molar-refractivity contribution is 5.98. The van der Waals surface area contributed by atoms with Crippen LogP contribution >= 0.6 is 0 Å². The molecule has 4 rings (SSSR count). The van der Waals surface area contributed by atoms with Crippen molar-refractivity contribution in [3.8, 4) is 11.5 Å². The Bertz CT molecular complexity index is 1130. The molecule has 0 spiro atoms. The van der Waals surface area contributed by atoms with E-state index in [-0.39, 0.29) is 5.82 Å². The Hall–Kier alpha value is -3.60. The van der Waals surface area contributed by atoms with Crippen molar-refractivity contribution < 1.29 is 18.7 Å². The molecule has 1 heterocycles. The van der Waals surface area contributed by atoms with Gasteiger partial charge in [0, 0.05) is 29.2 Å². The van der Waals surface area contributed by atoms with Crippen molar-refractivity contribution in [2.24, 2.45) is 0 Å². The smallest absolute Gasteiger partial charge is 0.152 e. The van der Waals surface area contributed by atoms with Crippen molar-refractivity contribution >= 4 is 17.2 Å². The number of benzene rings is 3. The molecular formula is C24H20FNO3. The Morgan fingerprint density at radius 1 is 0.931 bits per heavy atom. The van der Waals surface area contributed by atoms with E-state index in [0.717, 1.165) is 39.8 Å². The first-order valence-electron chi connectivity index (χ1n) is 9.24. The van der Waals surface area contributed by atoms with Gasteiger partial charge in [-0.15, -0.1) is 0 Å². The summed E-state index contributed by atoms with van der Waals surface area (Å²) in [5.41, 5.74) is 3.61. The molecule has 0 N–H and O–H groups in total. The van der Waals surface area contributed by atoms with Crippen LogP contribution in [0.5, 0.6) is 11.5 Å². The minimum atomic E-state index is -0.258. The molecule has 29 heavy (non-hydrogen) atoms. The zero-order chi connectivity index (χ0) is 20.2. The number of carbonyl (C=O) groups is 1. The minimum absolute atomic E-state index is 0.258. The fraction of sp³-hybridized carbons (Fsp3) is 0.125. The van der Waals surface area contributed by atoms with E-state index in [4.69, 9.17) is 9.47 Å². The van der Waals surface area contributed by atoms with Crippen molar-refractivity contribution in [2.45, 2.75) is 13.2 Å². The van der Waals surface area contributed by atoms with Crippen LogP contribution in [0.2, 0.25) is 0 Å². The Kier molecular flexibility index (Phi) is 5.29. The zero-order valence-electron chi connectivity index (χ0n) is 16.0. The summed E-state index contributed by atoms with van der Waals surface area (Å²) >= 11 is 0. The number of fused-ring (bicyclic) bond motifs is 1. The van der Waals surface area contributed by atoms with Crippen LogP contribution in [-0.4, -0.2) is 18.0 Å². The average Bonchev–Trinajstić information content (AvgIpc) is 3.11. The van der Waals surface area contributed by atoms with Crippen LogP contribution in [0.3, 0.4) is 0 Å². The second-order valence-electron chi connectivity index (χ2n) is 6.77.